The summed E-state index contributed by atoms with van der Waals surface area (Å²) < 4.78 is 0. The van der Waals surface area contributed by atoms with Gasteiger partial charge < -0.3 is 5.11 Å². The van der Waals surface area contributed by atoms with E-state index in [1.165, 1.54) is 0 Å². The van der Waals surface area contributed by atoms with Gasteiger partial charge in [-0.3, -0.25) is 14.4 Å². The standard InChI is InChI=1S/C22H32O4/c1-8-15(6)20(24)19-16(7)22(26,18(23)12-10-14(4)5)17(21(19)25)11-9-13(2)3/h9-10,15,17,26H,8,11-12H2,1-7H3/t15?,17-,22+/m1/s1. The molecule has 0 amide bonds. The molecule has 0 heterocycles. The summed E-state index contributed by atoms with van der Waals surface area (Å²) in [6.45, 7) is 12.7. The third-order valence-corrected chi connectivity index (χ3v) is 5.20. The molecule has 4 nitrogen and oxygen atoms in total. The molecule has 0 aromatic carbocycles. The molecule has 0 fully saturated rings. The third kappa shape index (κ3) is 4.29. The van der Waals surface area contributed by atoms with Gasteiger partial charge in [-0.25, -0.2) is 0 Å². The average Bonchev–Trinajstić information content (AvgIpc) is 2.76. The van der Waals surface area contributed by atoms with Gasteiger partial charge in [0.15, 0.2) is 23.0 Å². The molecule has 1 rings (SSSR count). The second kappa shape index (κ2) is 8.72. The highest BCUT2D eigenvalue weighted by molar-refractivity contribution is 6.26. The molecule has 1 unspecified atom stereocenters. The smallest absolute Gasteiger partial charge is 0.173 e. The summed E-state index contributed by atoms with van der Waals surface area (Å²) in [5.41, 5.74) is 0.292. The zero-order valence-corrected chi connectivity index (χ0v) is 17.1. The van der Waals surface area contributed by atoms with Crippen molar-refractivity contribution in [2.45, 2.75) is 73.3 Å². The Morgan fingerprint density at radius 2 is 1.69 bits per heavy atom. The van der Waals surface area contributed by atoms with E-state index in [1.807, 2.05) is 40.7 Å². The largest absolute Gasteiger partial charge is 0.377 e. The van der Waals surface area contributed by atoms with E-state index in [2.05, 4.69) is 0 Å². The molecule has 1 aliphatic carbocycles. The fourth-order valence-electron chi connectivity index (χ4n) is 3.23. The molecule has 0 radical (unpaired) electrons. The van der Waals surface area contributed by atoms with E-state index in [-0.39, 0.29) is 35.7 Å². The highest BCUT2D eigenvalue weighted by Gasteiger charge is 2.56. The van der Waals surface area contributed by atoms with Crippen molar-refractivity contribution < 1.29 is 19.5 Å². The van der Waals surface area contributed by atoms with E-state index in [0.29, 0.717) is 6.42 Å². The van der Waals surface area contributed by atoms with Gasteiger partial charge in [0.25, 0.3) is 0 Å². The highest BCUT2D eigenvalue weighted by atomic mass is 16.3. The van der Waals surface area contributed by atoms with Gasteiger partial charge in [0, 0.05) is 12.3 Å². The van der Waals surface area contributed by atoms with Crippen LogP contribution < -0.4 is 0 Å². The lowest BCUT2D eigenvalue weighted by Gasteiger charge is -2.29. The SMILES string of the molecule is CCC(C)C(=O)C1=C(C)[C@@](O)(C(=O)CC=C(C)C)[C@H](CC=C(C)C)C1=O. The van der Waals surface area contributed by atoms with Crippen molar-refractivity contribution in [1.82, 2.24) is 0 Å². The summed E-state index contributed by atoms with van der Waals surface area (Å²) in [6.07, 6.45) is 4.47. The van der Waals surface area contributed by atoms with Crippen molar-refractivity contribution in [3.8, 4) is 0 Å². The number of hydrogen-bond acceptors (Lipinski definition) is 4. The molecule has 0 aliphatic heterocycles. The summed E-state index contributed by atoms with van der Waals surface area (Å²) in [5, 5.41) is 11.3. The molecule has 0 aromatic rings. The Labute approximate surface area is 157 Å². The minimum Gasteiger partial charge on any atom is -0.377 e. The number of carbonyl (C=O) groups excluding carboxylic acids is 3. The zero-order chi connectivity index (χ0) is 20.2. The van der Waals surface area contributed by atoms with E-state index >= 15 is 0 Å². The molecule has 144 valence electrons. The number of carbonyl (C=O) groups is 3. The minimum absolute atomic E-state index is 0.0274. The topological polar surface area (TPSA) is 71.4 Å². The lowest BCUT2D eigenvalue weighted by atomic mass is 9.79. The third-order valence-electron chi connectivity index (χ3n) is 5.20. The Balaban J connectivity index is 3.45. The number of rotatable bonds is 8. The maximum absolute atomic E-state index is 13.0. The van der Waals surface area contributed by atoms with Crippen LogP contribution in [0.15, 0.2) is 34.4 Å². The van der Waals surface area contributed by atoms with Crippen molar-refractivity contribution >= 4 is 17.3 Å². The van der Waals surface area contributed by atoms with Gasteiger partial charge in [-0.05, 0) is 53.0 Å². The van der Waals surface area contributed by atoms with E-state index in [1.54, 1.807) is 19.9 Å². The van der Waals surface area contributed by atoms with Gasteiger partial charge >= 0.3 is 0 Å². The van der Waals surface area contributed by atoms with Crippen LogP contribution in [0.5, 0.6) is 0 Å². The van der Waals surface area contributed by atoms with E-state index < -0.39 is 23.1 Å². The number of ketones is 3. The Kier molecular flexibility index (Phi) is 7.45. The van der Waals surface area contributed by atoms with Crippen LogP contribution in [-0.2, 0) is 14.4 Å². The Morgan fingerprint density at radius 1 is 1.15 bits per heavy atom. The maximum Gasteiger partial charge on any atom is 0.173 e. The predicted molar refractivity (Wildman–Crippen MR) is 104 cm³/mol. The second-order valence-corrected chi connectivity index (χ2v) is 7.78. The van der Waals surface area contributed by atoms with Gasteiger partial charge in [0.1, 0.15) is 0 Å². The first-order valence-electron chi connectivity index (χ1n) is 9.30. The molecule has 0 spiro atoms. The average molecular weight is 360 g/mol. The first-order valence-corrected chi connectivity index (χ1v) is 9.30. The highest BCUT2D eigenvalue weighted by Crippen LogP contribution is 2.43. The van der Waals surface area contributed by atoms with Crippen molar-refractivity contribution in [3.05, 3.63) is 34.4 Å². The van der Waals surface area contributed by atoms with E-state index in [9.17, 15) is 19.5 Å². The van der Waals surface area contributed by atoms with Crippen molar-refractivity contribution in [1.29, 1.82) is 0 Å². The quantitative estimate of drug-likeness (QED) is 0.522. The minimum atomic E-state index is -1.91. The normalized spacial score (nSPS) is 23.7. The van der Waals surface area contributed by atoms with Crippen LogP contribution in [0, 0.1) is 11.8 Å². The summed E-state index contributed by atoms with van der Waals surface area (Å²) >= 11 is 0. The van der Waals surface area contributed by atoms with Crippen LogP contribution >= 0.6 is 0 Å². The van der Waals surface area contributed by atoms with Crippen LogP contribution in [0.4, 0.5) is 0 Å². The number of hydrogen-bond donors (Lipinski definition) is 1. The first-order chi connectivity index (χ1) is 12.0. The molecule has 0 aromatic heterocycles. The van der Waals surface area contributed by atoms with Gasteiger partial charge in [0.05, 0.1) is 11.5 Å². The van der Waals surface area contributed by atoms with Crippen LogP contribution in [0.3, 0.4) is 0 Å². The maximum atomic E-state index is 13.0. The Bertz CT molecular complexity index is 685. The summed E-state index contributed by atoms with van der Waals surface area (Å²) in [4.78, 5) is 38.6. The van der Waals surface area contributed by atoms with Crippen molar-refractivity contribution in [2.75, 3.05) is 0 Å². The predicted octanol–water partition coefficient (Wildman–Crippen LogP) is 4.13. The molecule has 26 heavy (non-hydrogen) atoms. The molecular weight excluding hydrogens is 328 g/mol. The lowest BCUT2D eigenvalue weighted by Crippen LogP contribution is -2.45. The zero-order valence-electron chi connectivity index (χ0n) is 17.1. The van der Waals surface area contributed by atoms with E-state index in [4.69, 9.17) is 0 Å². The molecule has 1 aliphatic rings. The molecule has 4 heteroatoms. The molecular formula is C22H32O4. The number of Topliss-reactive ketones (excluding diaryl/α,β-unsaturated/α-hetero) is 3. The molecule has 3 atom stereocenters. The van der Waals surface area contributed by atoms with Crippen LogP contribution in [0.2, 0.25) is 0 Å². The van der Waals surface area contributed by atoms with Crippen molar-refractivity contribution in [3.63, 3.8) is 0 Å². The number of aliphatic hydroxyl groups is 1. The van der Waals surface area contributed by atoms with Crippen LogP contribution in [0.1, 0.15) is 67.7 Å². The van der Waals surface area contributed by atoms with E-state index in [0.717, 1.165) is 11.1 Å². The molecule has 0 saturated carbocycles. The summed E-state index contributed by atoms with van der Waals surface area (Å²) in [6, 6.07) is 0. The molecule has 0 saturated heterocycles. The second-order valence-electron chi connectivity index (χ2n) is 7.78. The Hall–Kier alpha value is -1.81. The van der Waals surface area contributed by atoms with Gasteiger partial charge in [-0.2, -0.15) is 0 Å². The Morgan fingerprint density at radius 3 is 2.15 bits per heavy atom. The summed E-state index contributed by atoms with van der Waals surface area (Å²) in [7, 11) is 0. The van der Waals surface area contributed by atoms with Crippen LogP contribution in [0.25, 0.3) is 0 Å². The fraction of sp³-hybridized carbons (Fsp3) is 0.591. The van der Waals surface area contributed by atoms with Crippen LogP contribution in [-0.4, -0.2) is 28.1 Å². The van der Waals surface area contributed by atoms with Gasteiger partial charge in [-0.15, -0.1) is 0 Å². The number of allylic oxidation sites excluding steroid dienone is 5. The lowest BCUT2D eigenvalue weighted by molar-refractivity contribution is -0.141. The fourth-order valence-corrected chi connectivity index (χ4v) is 3.23. The van der Waals surface area contributed by atoms with Gasteiger partial charge in [0.2, 0.25) is 0 Å². The summed E-state index contributed by atoms with van der Waals surface area (Å²) in [5.74, 6) is -2.35. The molecule has 1 N–H and O–H groups in total. The molecule has 0 bridgehead atoms. The van der Waals surface area contributed by atoms with Gasteiger partial charge in [-0.1, -0.05) is 37.1 Å². The first kappa shape index (κ1) is 22.2. The van der Waals surface area contributed by atoms with Crippen molar-refractivity contribution in [2.24, 2.45) is 11.8 Å². The monoisotopic (exact) mass is 360 g/mol.